The van der Waals surface area contributed by atoms with Gasteiger partial charge >= 0.3 is 0 Å². The highest BCUT2D eigenvalue weighted by atomic mass is 35.5. The number of rotatable bonds is 7. The molecule has 0 aliphatic heterocycles. The molecule has 6 heteroatoms. The summed E-state index contributed by atoms with van der Waals surface area (Å²) in [4.78, 5) is 16.7. The number of aryl methyl sites for hydroxylation is 1. The minimum Gasteiger partial charge on any atom is -0.481 e. The lowest BCUT2D eigenvalue weighted by Gasteiger charge is -2.38. The van der Waals surface area contributed by atoms with Crippen molar-refractivity contribution in [3.8, 4) is 5.88 Å². The summed E-state index contributed by atoms with van der Waals surface area (Å²) >= 11 is 5.99. The number of carbonyl (C=O) groups is 1. The molecule has 1 amide bonds. The molecule has 0 spiro atoms. The van der Waals surface area contributed by atoms with Crippen LogP contribution in [0.5, 0.6) is 5.88 Å². The fourth-order valence-electron chi connectivity index (χ4n) is 3.27. The summed E-state index contributed by atoms with van der Waals surface area (Å²) in [6, 6.07) is 11.1. The molecule has 5 nitrogen and oxygen atoms in total. The Morgan fingerprint density at radius 2 is 2.19 bits per heavy atom. The Balaban J connectivity index is 1.63. The molecule has 1 unspecified atom stereocenters. The van der Waals surface area contributed by atoms with Crippen molar-refractivity contribution < 1.29 is 14.6 Å². The minimum absolute atomic E-state index is 0.0211. The Morgan fingerprint density at radius 1 is 1.38 bits per heavy atom. The van der Waals surface area contributed by atoms with Crippen LogP contribution in [-0.2, 0) is 11.2 Å². The molecule has 26 heavy (non-hydrogen) atoms. The molecule has 138 valence electrons. The average Bonchev–Trinajstić information content (AvgIpc) is 2.62. The maximum Gasteiger partial charge on any atom is 0.220 e. The normalized spacial score (nSPS) is 20.1. The number of aliphatic hydroxyl groups excluding tert-OH is 1. The third-order valence-electron chi connectivity index (χ3n) is 4.79. The van der Waals surface area contributed by atoms with E-state index in [2.05, 4.69) is 10.3 Å². The van der Waals surface area contributed by atoms with Crippen molar-refractivity contribution in [2.24, 2.45) is 5.92 Å². The van der Waals surface area contributed by atoms with Crippen molar-refractivity contribution in [1.82, 2.24) is 10.3 Å². The molecule has 1 saturated carbocycles. The van der Waals surface area contributed by atoms with Gasteiger partial charge in [0.1, 0.15) is 0 Å². The van der Waals surface area contributed by atoms with E-state index >= 15 is 0 Å². The number of aliphatic hydroxyl groups is 1. The first-order valence-corrected chi connectivity index (χ1v) is 9.14. The lowest BCUT2D eigenvalue weighted by molar-refractivity contribution is -0.123. The Bertz CT molecular complexity index is 745. The smallest absolute Gasteiger partial charge is 0.220 e. The molecular weight excluding hydrogens is 352 g/mol. The molecule has 0 bridgehead atoms. The quantitative estimate of drug-likeness (QED) is 0.780. The first-order valence-electron chi connectivity index (χ1n) is 8.77. The van der Waals surface area contributed by atoms with Gasteiger partial charge in [0.25, 0.3) is 0 Å². The van der Waals surface area contributed by atoms with Crippen molar-refractivity contribution in [3.05, 3.63) is 58.7 Å². The number of hydrogen-bond acceptors (Lipinski definition) is 4. The summed E-state index contributed by atoms with van der Waals surface area (Å²) in [5, 5.41) is 13.4. The van der Waals surface area contributed by atoms with E-state index in [4.69, 9.17) is 16.3 Å². The van der Waals surface area contributed by atoms with Crippen molar-refractivity contribution in [3.63, 3.8) is 0 Å². The Hall–Kier alpha value is -2.11. The van der Waals surface area contributed by atoms with Gasteiger partial charge in [-0.25, -0.2) is 4.98 Å². The second kappa shape index (κ2) is 8.52. The molecule has 1 aliphatic rings. The fraction of sp³-hybridized carbons (Fsp3) is 0.400. The molecule has 0 radical (unpaired) electrons. The number of aromatic nitrogens is 1. The van der Waals surface area contributed by atoms with E-state index in [1.54, 1.807) is 19.4 Å². The Morgan fingerprint density at radius 3 is 2.81 bits per heavy atom. The van der Waals surface area contributed by atoms with Gasteiger partial charge in [-0.1, -0.05) is 29.8 Å². The highest BCUT2D eigenvalue weighted by Gasteiger charge is 2.35. The third kappa shape index (κ3) is 4.74. The number of nitrogens with zero attached hydrogens (tertiary/aromatic N) is 1. The molecule has 1 aromatic carbocycles. The van der Waals surface area contributed by atoms with E-state index in [0.717, 1.165) is 11.1 Å². The van der Waals surface area contributed by atoms with E-state index in [1.165, 1.54) is 0 Å². The van der Waals surface area contributed by atoms with Gasteiger partial charge in [-0.2, -0.15) is 0 Å². The Labute approximate surface area is 158 Å². The molecule has 1 atom stereocenters. The van der Waals surface area contributed by atoms with Gasteiger partial charge in [-0.15, -0.1) is 0 Å². The van der Waals surface area contributed by atoms with E-state index in [-0.39, 0.29) is 24.0 Å². The zero-order valence-corrected chi connectivity index (χ0v) is 15.4. The molecule has 1 aliphatic carbocycles. The minimum atomic E-state index is -0.280. The van der Waals surface area contributed by atoms with Crippen molar-refractivity contribution in [1.29, 1.82) is 0 Å². The van der Waals surface area contributed by atoms with Gasteiger partial charge in [-0.3, -0.25) is 4.79 Å². The highest BCUT2D eigenvalue weighted by molar-refractivity contribution is 6.30. The average molecular weight is 375 g/mol. The zero-order chi connectivity index (χ0) is 18.5. The van der Waals surface area contributed by atoms with Gasteiger partial charge in [0.05, 0.1) is 19.3 Å². The van der Waals surface area contributed by atoms with Gasteiger partial charge in [0.15, 0.2) is 0 Å². The number of nitrogens with one attached hydrogen (secondary N) is 1. The summed E-state index contributed by atoms with van der Waals surface area (Å²) in [6.45, 7) is 0. The fourth-order valence-corrected chi connectivity index (χ4v) is 3.48. The second-order valence-electron chi connectivity index (χ2n) is 6.69. The van der Waals surface area contributed by atoms with E-state index in [0.29, 0.717) is 36.6 Å². The van der Waals surface area contributed by atoms with Crippen LogP contribution in [0.3, 0.4) is 0 Å². The van der Waals surface area contributed by atoms with Crippen LogP contribution < -0.4 is 10.1 Å². The maximum atomic E-state index is 12.5. The first kappa shape index (κ1) is 18.7. The summed E-state index contributed by atoms with van der Waals surface area (Å²) in [5.74, 6) is 0.732. The predicted molar refractivity (Wildman–Crippen MR) is 100 cm³/mol. The summed E-state index contributed by atoms with van der Waals surface area (Å²) in [7, 11) is 1.57. The SMILES string of the molecule is COc1ccc(C(NC(=O)CCc2cccc(Cl)c2)C2CC(O)C2)cn1. The van der Waals surface area contributed by atoms with Crippen LogP contribution in [0.15, 0.2) is 42.6 Å². The monoisotopic (exact) mass is 374 g/mol. The standard InChI is InChI=1S/C20H23ClN2O3/c1-26-19-8-6-14(12-22-19)20(15-10-17(24)11-15)23-18(25)7-5-13-3-2-4-16(21)9-13/h2-4,6,8-9,12,15,17,20,24H,5,7,10-11H2,1H3,(H,23,25). The predicted octanol–water partition coefficient (Wildman–Crippen LogP) is 3.30. The van der Waals surface area contributed by atoms with Crippen LogP contribution in [0.1, 0.15) is 36.4 Å². The topological polar surface area (TPSA) is 71.5 Å². The maximum absolute atomic E-state index is 12.5. The summed E-state index contributed by atoms with van der Waals surface area (Å²) < 4.78 is 5.10. The molecule has 2 aromatic rings. The largest absolute Gasteiger partial charge is 0.481 e. The molecule has 0 saturated heterocycles. The van der Waals surface area contributed by atoms with Crippen LogP contribution in [-0.4, -0.2) is 29.2 Å². The van der Waals surface area contributed by atoms with E-state index in [9.17, 15) is 9.90 Å². The van der Waals surface area contributed by atoms with E-state index < -0.39 is 0 Å². The summed E-state index contributed by atoms with van der Waals surface area (Å²) in [6.07, 6.45) is 3.84. The van der Waals surface area contributed by atoms with Crippen molar-refractivity contribution in [2.75, 3.05) is 7.11 Å². The lowest BCUT2D eigenvalue weighted by atomic mass is 9.75. The Kier molecular flexibility index (Phi) is 6.12. The van der Waals surface area contributed by atoms with Gasteiger partial charge in [0.2, 0.25) is 11.8 Å². The van der Waals surface area contributed by atoms with Crippen LogP contribution in [0.25, 0.3) is 0 Å². The molecular formula is C20H23ClN2O3. The van der Waals surface area contributed by atoms with Crippen LogP contribution in [0.4, 0.5) is 0 Å². The number of carbonyl (C=O) groups excluding carboxylic acids is 1. The number of hydrogen-bond donors (Lipinski definition) is 2. The number of benzene rings is 1. The van der Waals surface area contributed by atoms with Gasteiger partial charge < -0.3 is 15.2 Å². The highest BCUT2D eigenvalue weighted by Crippen LogP contribution is 2.38. The number of pyridine rings is 1. The number of ether oxygens (including phenoxy) is 1. The number of halogens is 1. The first-order chi connectivity index (χ1) is 12.5. The van der Waals surface area contributed by atoms with Crippen LogP contribution in [0, 0.1) is 5.92 Å². The molecule has 1 heterocycles. The number of methoxy groups -OCH3 is 1. The molecule has 1 aromatic heterocycles. The molecule has 1 fully saturated rings. The second-order valence-corrected chi connectivity index (χ2v) is 7.13. The van der Waals surface area contributed by atoms with Crippen molar-refractivity contribution >= 4 is 17.5 Å². The van der Waals surface area contributed by atoms with Crippen molar-refractivity contribution in [2.45, 2.75) is 37.8 Å². The molecule has 2 N–H and O–H groups in total. The number of amides is 1. The third-order valence-corrected chi connectivity index (χ3v) is 5.03. The van der Waals surface area contributed by atoms with Crippen LogP contribution in [0.2, 0.25) is 5.02 Å². The molecule has 3 rings (SSSR count). The van der Waals surface area contributed by atoms with Crippen LogP contribution >= 0.6 is 11.6 Å². The zero-order valence-electron chi connectivity index (χ0n) is 14.7. The van der Waals surface area contributed by atoms with E-state index in [1.807, 2.05) is 30.3 Å². The lowest BCUT2D eigenvalue weighted by Crippen LogP contribution is -2.41. The van der Waals surface area contributed by atoms with Gasteiger partial charge in [-0.05, 0) is 48.4 Å². The van der Waals surface area contributed by atoms with Gasteiger partial charge in [0, 0.05) is 23.7 Å². The summed E-state index contributed by atoms with van der Waals surface area (Å²) in [5.41, 5.74) is 1.97.